The topological polar surface area (TPSA) is 69.4 Å². The van der Waals surface area contributed by atoms with Gasteiger partial charge in [-0.1, -0.05) is 42.0 Å². The minimum atomic E-state index is 0.198. The molecule has 0 atom stereocenters. The monoisotopic (exact) mass is 391 g/mol. The van der Waals surface area contributed by atoms with Crippen LogP contribution in [0.4, 0.5) is 0 Å². The number of hydrogen-bond acceptors (Lipinski definition) is 5. The summed E-state index contributed by atoms with van der Waals surface area (Å²) in [7, 11) is 1.64. The van der Waals surface area contributed by atoms with E-state index in [0.29, 0.717) is 29.5 Å². The first-order valence-corrected chi connectivity index (χ1v) is 9.85. The molecule has 1 aliphatic heterocycles. The molecule has 0 bridgehead atoms. The number of rotatable bonds is 5. The Kier molecular flexibility index (Phi) is 4.88. The molecule has 142 valence electrons. The molecule has 1 aliphatic rings. The zero-order valence-electron chi connectivity index (χ0n) is 15.8. The number of benzene rings is 2. The molecule has 2 heterocycles. The van der Waals surface area contributed by atoms with E-state index in [9.17, 15) is 5.11 Å². The van der Waals surface area contributed by atoms with Crippen molar-refractivity contribution < 1.29 is 9.84 Å². The number of aromatic nitrogens is 1. The standard InChI is InChI=1S/C22H21N3O2S/c1-14-5-3-6-15(9-14)11-25-12-19(26)20(21(25)23)22-24-18(13-28-22)16-7-4-8-17(10-16)27-2/h3-10,13,23,26H,11-12H2,1-2H3. The van der Waals surface area contributed by atoms with Gasteiger partial charge in [0, 0.05) is 17.5 Å². The molecule has 0 saturated carbocycles. The Labute approximate surface area is 168 Å². The Hall–Kier alpha value is -3.12. The number of nitrogens with zero attached hydrogens (tertiary/aromatic N) is 2. The molecular weight excluding hydrogens is 370 g/mol. The van der Waals surface area contributed by atoms with Crippen LogP contribution in [0, 0.1) is 12.3 Å². The first kappa shape index (κ1) is 18.3. The average Bonchev–Trinajstić information content (AvgIpc) is 3.27. The summed E-state index contributed by atoms with van der Waals surface area (Å²) in [6.45, 7) is 2.97. The molecule has 0 radical (unpaired) electrons. The summed E-state index contributed by atoms with van der Waals surface area (Å²) < 4.78 is 5.28. The van der Waals surface area contributed by atoms with Gasteiger partial charge < -0.3 is 14.7 Å². The molecular formula is C22H21N3O2S. The van der Waals surface area contributed by atoms with Gasteiger partial charge in [0.1, 0.15) is 22.4 Å². The summed E-state index contributed by atoms with van der Waals surface area (Å²) in [5.74, 6) is 1.28. The third-order valence-electron chi connectivity index (χ3n) is 4.72. The Bertz CT molecular complexity index is 1070. The molecule has 2 aromatic carbocycles. The van der Waals surface area contributed by atoms with Crippen molar-refractivity contribution in [2.45, 2.75) is 13.5 Å². The SMILES string of the molecule is COc1cccc(-c2csc(C3=C(O)CN(Cc4cccc(C)c4)C3=N)n2)c1. The fraction of sp³-hybridized carbons (Fsp3) is 0.182. The van der Waals surface area contributed by atoms with Crippen LogP contribution in [0.2, 0.25) is 0 Å². The van der Waals surface area contributed by atoms with Crippen molar-refractivity contribution in [2.24, 2.45) is 0 Å². The molecule has 28 heavy (non-hydrogen) atoms. The Morgan fingerprint density at radius 3 is 2.82 bits per heavy atom. The lowest BCUT2D eigenvalue weighted by Gasteiger charge is -2.18. The number of amidine groups is 1. The van der Waals surface area contributed by atoms with E-state index in [0.717, 1.165) is 22.6 Å². The molecule has 1 aromatic heterocycles. The summed E-state index contributed by atoms with van der Waals surface area (Å²) in [5, 5.41) is 21.7. The van der Waals surface area contributed by atoms with Crippen molar-refractivity contribution in [3.63, 3.8) is 0 Å². The smallest absolute Gasteiger partial charge is 0.135 e. The van der Waals surface area contributed by atoms with Crippen molar-refractivity contribution in [3.05, 3.63) is 75.8 Å². The van der Waals surface area contributed by atoms with E-state index in [1.807, 2.05) is 46.7 Å². The van der Waals surface area contributed by atoms with Crippen LogP contribution in [0.25, 0.3) is 16.8 Å². The Balaban J connectivity index is 1.57. The number of aliphatic hydroxyl groups excluding tert-OH is 1. The molecule has 3 aromatic rings. The van der Waals surface area contributed by atoms with Gasteiger partial charge in [-0.25, -0.2) is 4.98 Å². The first-order chi connectivity index (χ1) is 13.5. The fourth-order valence-electron chi connectivity index (χ4n) is 3.33. The maximum Gasteiger partial charge on any atom is 0.135 e. The summed E-state index contributed by atoms with van der Waals surface area (Å²) >= 11 is 1.44. The van der Waals surface area contributed by atoms with Crippen molar-refractivity contribution in [2.75, 3.05) is 13.7 Å². The minimum Gasteiger partial charge on any atom is -0.510 e. The second-order valence-electron chi connectivity index (χ2n) is 6.79. The predicted octanol–water partition coefficient (Wildman–Crippen LogP) is 4.89. The number of nitrogens with one attached hydrogen (secondary N) is 1. The Morgan fingerprint density at radius 2 is 2.04 bits per heavy atom. The highest BCUT2D eigenvalue weighted by Crippen LogP contribution is 2.33. The quantitative estimate of drug-likeness (QED) is 0.650. The molecule has 4 rings (SSSR count). The van der Waals surface area contributed by atoms with E-state index in [4.69, 9.17) is 10.1 Å². The van der Waals surface area contributed by atoms with Crippen molar-refractivity contribution in [1.82, 2.24) is 9.88 Å². The maximum atomic E-state index is 10.5. The van der Waals surface area contributed by atoms with Gasteiger partial charge in [-0.2, -0.15) is 0 Å². The van der Waals surface area contributed by atoms with Crippen molar-refractivity contribution in [3.8, 4) is 17.0 Å². The fourth-order valence-corrected chi connectivity index (χ4v) is 4.22. The molecule has 0 fully saturated rings. The van der Waals surface area contributed by atoms with Gasteiger partial charge in [0.25, 0.3) is 0 Å². The van der Waals surface area contributed by atoms with E-state index in [-0.39, 0.29) is 5.76 Å². The van der Waals surface area contributed by atoms with E-state index in [2.05, 4.69) is 24.0 Å². The van der Waals surface area contributed by atoms with Crippen LogP contribution in [-0.4, -0.2) is 34.5 Å². The summed E-state index contributed by atoms with van der Waals surface area (Å²) in [6.07, 6.45) is 0. The summed E-state index contributed by atoms with van der Waals surface area (Å²) in [4.78, 5) is 6.54. The van der Waals surface area contributed by atoms with Gasteiger partial charge in [0.05, 0.1) is 24.9 Å². The number of hydrogen-bond donors (Lipinski definition) is 2. The highest BCUT2D eigenvalue weighted by Gasteiger charge is 2.30. The van der Waals surface area contributed by atoms with E-state index in [1.165, 1.54) is 16.9 Å². The van der Waals surface area contributed by atoms with Crippen LogP contribution in [0.3, 0.4) is 0 Å². The number of aliphatic hydroxyl groups is 1. The lowest BCUT2D eigenvalue weighted by Crippen LogP contribution is -2.26. The molecule has 6 heteroatoms. The number of methoxy groups -OCH3 is 1. The van der Waals surface area contributed by atoms with Gasteiger partial charge in [0.15, 0.2) is 0 Å². The highest BCUT2D eigenvalue weighted by atomic mass is 32.1. The number of ether oxygens (including phenoxy) is 1. The van der Waals surface area contributed by atoms with Gasteiger partial charge in [0.2, 0.25) is 0 Å². The summed E-state index contributed by atoms with van der Waals surface area (Å²) in [5.41, 5.74) is 4.58. The van der Waals surface area contributed by atoms with Gasteiger partial charge in [-0.3, -0.25) is 5.41 Å². The largest absolute Gasteiger partial charge is 0.510 e. The minimum absolute atomic E-state index is 0.198. The van der Waals surface area contributed by atoms with Gasteiger partial charge >= 0.3 is 0 Å². The molecule has 0 amide bonds. The second kappa shape index (κ2) is 7.48. The molecule has 0 spiro atoms. The molecule has 2 N–H and O–H groups in total. The predicted molar refractivity (Wildman–Crippen MR) is 113 cm³/mol. The Morgan fingerprint density at radius 1 is 1.21 bits per heavy atom. The number of thiazole rings is 1. The number of aryl methyl sites for hydroxylation is 1. The second-order valence-corrected chi connectivity index (χ2v) is 7.64. The maximum absolute atomic E-state index is 10.5. The lowest BCUT2D eigenvalue weighted by atomic mass is 10.1. The van der Waals surface area contributed by atoms with Crippen LogP contribution in [0.15, 0.2) is 59.7 Å². The van der Waals surface area contributed by atoms with Crippen LogP contribution in [0.5, 0.6) is 5.75 Å². The van der Waals surface area contributed by atoms with Crippen LogP contribution < -0.4 is 4.74 Å². The summed E-state index contributed by atoms with van der Waals surface area (Å²) in [6, 6.07) is 15.9. The average molecular weight is 391 g/mol. The van der Waals surface area contributed by atoms with Crippen LogP contribution in [-0.2, 0) is 6.54 Å². The van der Waals surface area contributed by atoms with Crippen molar-refractivity contribution >= 4 is 22.7 Å². The van der Waals surface area contributed by atoms with Gasteiger partial charge in [-0.05, 0) is 24.6 Å². The first-order valence-electron chi connectivity index (χ1n) is 8.97. The third-order valence-corrected chi connectivity index (χ3v) is 5.58. The van der Waals surface area contributed by atoms with E-state index < -0.39 is 0 Å². The van der Waals surface area contributed by atoms with E-state index >= 15 is 0 Å². The van der Waals surface area contributed by atoms with Crippen LogP contribution in [0.1, 0.15) is 16.1 Å². The van der Waals surface area contributed by atoms with Gasteiger partial charge in [-0.15, -0.1) is 11.3 Å². The normalized spacial score (nSPS) is 14.1. The molecule has 0 saturated heterocycles. The highest BCUT2D eigenvalue weighted by molar-refractivity contribution is 7.11. The zero-order chi connectivity index (χ0) is 19.7. The van der Waals surface area contributed by atoms with Crippen molar-refractivity contribution in [1.29, 1.82) is 5.41 Å². The lowest BCUT2D eigenvalue weighted by molar-refractivity contribution is 0.347. The molecule has 5 nitrogen and oxygen atoms in total. The molecule has 0 aliphatic carbocycles. The molecule has 0 unspecified atom stereocenters. The zero-order valence-corrected chi connectivity index (χ0v) is 16.6. The third kappa shape index (κ3) is 3.51. The van der Waals surface area contributed by atoms with Crippen LogP contribution >= 0.6 is 11.3 Å². The van der Waals surface area contributed by atoms with E-state index in [1.54, 1.807) is 7.11 Å².